The molecule has 0 unspecified atom stereocenters. The highest BCUT2D eigenvalue weighted by atomic mass is 16.2. The molecule has 0 spiro atoms. The maximum Gasteiger partial charge on any atom is 0.368 e. The highest BCUT2D eigenvalue weighted by molar-refractivity contribution is 5.77. The molecule has 0 N–H and O–H groups in total. The van der Waals surface area contributed by atoms with E-state index in [1.165, 1.54) is 0 Å². The smallest absolute Gasteiger partial charge is 0.244 e. The second-order valence-electron chi connectivity index (χ2n) is 2.72. The van der Waals surface area contributed by atoms with Gasteiger partial charge in [0.1, 0.15) is 0 Å². The molecule has 1 aromatic rings. The molecule has 0 aromatic heterocycles. The monoisotopic (exact) mass is 171 g/mol. The van der Waals surface area contributed by atoms with E-state index in [-0.39, 0.29) is 0 Å². The molecule has 1 aliphatic heterocycles. The first-order chi connectivity index (χ1) is 6.22. The number of nitrogens with zero attached hydrogens (tertiary/aromatic N) is 3. The van der Waals surface area contributed by atoms with Gasteiger partial charge in [0.25, 0.3) is 0 Å². The normalized spacial score (nSPS) is 12.8. The van der Waals surface area contributed by atoms with E-state index in [9.17, 15) is 4.79 Å². The third-order valence-corrected chi connectivity index (χ3v) is 1.95. The Bertz CT molecular complexity index is 551. The van der Waals surface area contributed by atoms with E-state index in [0.29, 0.717) is 16.3 Å². The van der Waals surface area contributed by atoms with Crippen LogP contribution in [0.1, 0.15) is 11.1 Å². The summed E-state index contributed by atoms with van der Waals surface area (Å²) in [4.78, 5) is 18.2. The number of carbonyl (C=O) groups excluding carboxylic acids is 1. The van der Waals surface area contributed by atoms with Crippen LogP contribution in [-0.2, 0) is 0 Å². The predicted molar refractivity (Wildman–Crippen MR) is 43.6 cm³/mol. The highest BCUT2D eigenvalue weighted by Crippen LogP contribution is 1.99. The van der Waals surface area contributed by atoms with Gasteiger partial charge in [-0.25, -0.2) is 4.79 Å². The molecule has 1 heterocycles. The van der Waals surface area contributed by atoms with Crippen LogP contribution in [0.4, 0.5) is 4.79 Å². The van der Waals surface area contributed by atoms with Crippen molar-refractivity contribution in [3.63, 3.8) is 0 Å². The third-order valence-electron chi connectivity index (χ3n) is 1.95. The Morgan fingerprint density at radius 2 is 2.15 bits per heavy atom. The lowest BCUT2D eigenvalue weighted by molar-refractivity contribution is 0.256. The van der Waals surface area contributed by atoms with E-state index in [2.05, 4.69) is 9.98 Å². The molecule has 0 saturated carbocycles. The fourth-order valence-electron chi connectivity index (χ4n) is 1.26. The summed E-state index contributed by atoms with van der Waals surface area (Å²) in [7, 11) is 0. The summed E-state index contributed by atoms with van der Waals surface area (Å²) < 4.78 is 0. The quantitative estimate of drug-likeness (QED) is 0.561. The van der Waals surface area contributed by atoms with Crippen LogP contribution in [0.15, 0.2) is 22.1 Å². The average molecular weight is 171 g/mol. The van der Waals surface area contributed by atoms with Gasteiger partial charge in [0.2, 0.25) is 0 Å². The fourth-order valence-corrected chi connectivity index (χ4v) is 1.26. The van der Waals surface area contributed by atoms with E-state index in [1.54, 1.807) is 19.1 Å². The molecule has 4 heteroatoms. The lowest BCUT2D eigenvalue weighted by Gasteiger charge is -1.92. The Labute approximate surface area is 73.9 Å². The Balaban J connectivity index is 2.93. The van der Waals surface area contributed by atoms with Crippen LogP contribution in [0, 0.1) is 18.3 Å². The molecule has 62 valence electrons. The lowest BCUT2D eigenvalue weighted by Crippen LogP contribution is -2.25. The largest absolute Gasteiger partial charge is 0.368 e. The number of hydrogen-bond acceptors (Lipinski definition) is 2. The minimum Gasteiger partial charge on any atom is -0.244 e. The second kappa shape index (κ2) is 2.49. The maximum absolute atomic E-state index is 10.8. The van der Waals surface area contributed by atoms with Crippen molar-refractivity contribution in [1.29, 1.82) is 5.26 Å². The van der Waals surface area contributed by atoms with E-state index in [0.717, 1.165) is 5.56 Å². The molecule has 4 nitrogen and oxygen atoms in total. The van der Waals surface area contributed by atoms with Gasteiger partial charge in [-0.1, -0.05) is 0 Å². The van der Waals surface area contributed by atoms with Crippen LogP contribution >= 0.6 is 0 Å². The SMILES string of the molecule is Cc1c(C#N)ccc2c1=NC(=O)N=2. The van der Waals surface area contributed by atoms with Gasteiger partial charge in [-0.2, -0.15) is 15.2 Å². The Hall–Kier alpha value is -2.02. The van der Waals surface area contributed by atoms with Gasteiger partial charge < -0.3 is 0 Å². The predicted octanol–water partition coefficient (Wildman–Crippen LogP) is 0.240. The van der Waals surface area contributed by atoms with Gasteiger partial charge in [0.15, 0.2) is 0 Å². The zero-order valence-electron chi connectivity index (χ0n) is 6.90. The highest BCUT2D eigenvalue weighted by Gasteiger charge is 2.09. The molecule has 1 aromatic carbocycles. The topological polar surface area (TPSA) is 65.6 Å². The molecule has 0 bridgehead atoms. The average Bonchev–Trinajstić information content (AvgIpc) is 2.47. The number of hydrogen-bond donors (Lipinski definition) is 0. The Kier molecular flexibility index (Phi) is 1.46. The molecule has 0 aliphatic carbocycles. The summed E-state index contributed by atoms with van der Waals surface area (Å²) in [6, 6.07) is 4.81. The van der Waals surface area contributed by atoms with Crippen LogP contribution in [0.2, 0.25) is 0 Å². The molecule has 0 fully saturated rings. The molecule has 0 radical (unpaired) electrons. The third kappa shape index (κ3) is 1.02. The number of nitriles is 1. The zero-order chi connectivity index (χ0) is 9.42. The number of benzene rings is 1. The van der Waals surface area contributed by atoms with Crippen molar-refractivity contribution in [2.75, 3.05) is 0 Å². The Morgan fingerprint density at radius 3 is 2.85 bits per heavy atom. The summed E-state index contributed by atoms with van der Waals surface area (Å²) in [5, 5.41) is 9.80. The second-order valence-corrected chi connectivity index (χ2v) is 2.72. The maximum atomic E-state index is 10.8. The standard InChI is InChI=1S/C9H5N3O/c1-5-6(4-10)2-3-7-8(5)12-9(13)11-7/h2-3H,1H3. The number of amides is 2. The van der Waals surface area contributed by atoms with Crippen LogP contribution in [0.25, 0.3) is 0 Å². The van der Waals surface area contributed by atoms with Gasteiger partial charge >= 0.3 is 6.03 Å². The van der Waals surface area contributed by atoms with Crippen LogP contribution in [0.3, 0.4) is 0 Å². The summed E-state index contributed by atoms with van der Waals surface area (Å²) in [6.45, 7) is 1.76. The van der Waals surface area contributed by atoms with Crippen LogP contribution in [-0.4, -0.2) is 6.03 Å². The summed E-state index contributed by atoms with van der Waals surface area (Å²) >= 11 is 0. The number of rotatable bonds is 0. The minimum atomic E-state index is -0.492. The van der Waals surface area contributed by atoms with Gasteiger partial charge in [0, 0.05) is 0 Å². The molecule has 2 rings (SSSR count). The molecular weight excluding hydrogens is 166 g/mol. The van der Waals surface area contributed by atoms with E-state index in [1.807, 2.05) is 6.07 Å². The molecule has 0 atom stereocenters. The van der Waals surface area contributed by atoms with E-state index >= 15 is 0 Å². The first-order valence-corrected chi connectivity index (χ1v) is 3.73. The van der Waals surface area contributed by atoms with Crippen LogP contribution in [0.5, 0.6) is 0 Å². The van der Waals surface area contributed by atoms with Gasteiger partial charge in [-0.05, 0) is 24.6 Å². The number of urea groups is 1. The van der Waals surface area contributed by atoms with Gasteiger partial charge in [0.05, 0.1) is 22.3 Å². The summed E-state index contributed by atoms with van der Waals surface area (Å²) in [6.07, 6.45) is 0. The molecule has 1 aliphatic rings. The van der Waals surface area contributed by atoms with Gasteiger partial charge in [-0.3, -0.25) is 0 Å². The lowest BCUT2D eigenvalue weighted by atomic mass is 10.1. The number of fused-ring (bicyclic) bond motifs is 1. The summed E-state index contributed by atoms with van der Waals surface area (Å²) in [5.74, 6) is 0. The van der Waals surface area contributed by atoms with Crippen molar-refractivity contribution in [1.82, 2.24) is 0 Å². The number of carbonyl (C=O) groups is 1. The van der Waals surface area contributed by atoms with Crippen molar-refractivity contribution in [2.45, 2.75) is 6.92 Å². The first kappa shape index (κ1) is 7.62. The zero-order valence-corrected chi connectivity index (χ0v) is 6.90. The van der Waals surface area contributed by atoms with Crippen molar-refractivity contribution in [2.24, 2.45) is 9.98 Å². The molecule has 2 amide bonds. The van der Waals surface area contributed by atoms with E-state index < -0.39 is 6.03 Å². The van der Waals surface area contributed by atoms with Crippen molar-refractivity contribution >= 4 is 6.03 Å². The molecule has 13 heavy (non-hydrogen) atoms. The molecular formula is C9H5N3O. The molecule has 0 saturated heterocycles. The summed E-state index contributed by atoms with van der Waals surface area (Å²) in [5.41, 5.74) is 1.25. The van der Waals surface area contributed by atoms with Crippen molar-refractivity contribution < 1.29 is 4.79 Å². The van der Waals surface area contributed by atoms with Crippen LogP contribution < -0.4 is 10.7 Å². The van der Waals surface area contributed by atoms with Crippen molar-refractivity contribution in [3.8, 4) is 6.07 Å². The van der Waals surface area contributed by atoms with E-state index in [4.69, 9.17) is 5.26 Å². The van der Waals surface area contributed by atoms with Gasteiger partial charge in [-0.15, -0.1) is 0 Å². The minimum absolute atomic E-state index is 0.492. The van der Waals surface area contributed by atoms with Crippen molar-refractivity contribution in [3.05, 3.63) is 34.0 Å². The first-order valence-electron chi connectivity index (χ1n) is 3.73. The fraction of sp³-hybridized carbons (Fsp3) is 0.111. The Morgan fingerprint density at radius 1 is 1.38 bits per heavy atom.